The first-order valence-corrected chi connectivity index (χ1v) is 9.66. The molecule has 0 atom stereocenters. The van der Waals surface area contributed by atoms with Gasteiger partial charge in [-0.25, -0.2) is 9.67 Å². The second kappa shape index (κ2) is 8.24. The minimum absolute atomic E-state index is 0.238. The van der Waals surface area contributed by atoms with E-state index in [1.165, 1.54) is 6.20 Å². The summed E-state index contributed by atoms with van der Waals surface area (Å²) in [6.45, 7) is 4.63. The zero-order chi connectivity index (χ0) is 21.1. The summed E-state index contributed by atoms with van der Waals surface area (Å²) in [6, 6.07) is 10.2. The van der Waals surface area contributed by atoms with Gasteiger partial charge in [0.2, 0.25) is 0 Å². The van der Waals surface area contributed by atoms with Crippen molar-refractivity contribution in [2.45, 2.75) is 33.4 Å². The highest BCUT2D eigenvalue weighted by atomic mass is 16.2. The summed E-state index contributed by atoms with van der Waals surface area (Å²) in [5.74, 6) is 0.0230. The summed E-state index contributed by atoms with van der Waals surface area (Å²) in [6.07, 6.45) is 4.00. The number of carbonyl (C=O) groups is 1. The number of hydrogen-bond acceptors (Lipinski definition) is 7. The number of benzene rings is 1. The predicted octanol–water partition coefficient (Wildman–Crippen LogP) is 2.05. The van der Waals surface area contributed by atoms with Crippen LogP contribution in [-0.4, -0.2) is 35.9 Å². The molecule has 0 aliphatic heterocycles. The molecular formula is C21H22N8O. The van der Waals surface area contributed by atoms with Crippen molar-refractivity contribution in [1.82, 2.24) is 35.3 Å². The Morgan fingerprint density at radius 3 is 2.87 bits per heavy atom. The molecule has 30 heavy (non-hydrogen) atoms. The second-order valence-corrected chi connectivity index (χ2v) is 6.99. The third kappa shape index (κ3) is 4.24. The van der Waals surface area contributed by atoms with E-state index >= 15 is 0 Å². The lowest BCUT2D eigenvalue weighted by Crippen LogP contribution is -2.24. The Bertz CT molecular complexity index is 1220. The Morgan fingerprint density at radius 1 is 1.20 bits per heavy atom. The molecule has 1 amide bonds. The number of fused-ring (bicyclic) bond motifs is 1. The van der Waals surface area contributed by atoms with E-state index in [9.17, 15) is 4.79 Å². The van der Waals surface area contributed by atoms with Crippen molar-refractivity contribution in [3.63, 3.8) is 0 Å². The van der Waals surface area contributed by atoms with Crippen LogP contribution in [-0.2, 0) is 19.5 Å². The van der Waals surface area contributed by atoms with Gasteiger partial charge in [-0.05, 0) is 37.1 Å². The van der Waals surface area contributed by atoms with Crippen LogP contribution in [0.4, 0.5) is 5.82 Å². The largest absolute Gasteiger partial charge is 0.382 e. The van der Waals surface area contributed by atoms with E-state index < -0.39 is 0 Å². The summed E-state index contributed by atoms with van der Waals surface area (Å²) >= 11 is 0. The Balaban J connectivity index is 1.42. The zero-order valence-corrected chi connectivity index (χ0v) is 16.8. The lowest BCUT2D eigenvalue weighted by atomic mass is 10.1. The highest BCUT2D eigenvalue weighted by Gasteiger charge is 2.12. The van der Waals surface area contributed by atoms with Crippen LogP contribution in [0.5, 0.6) is 0 Å². The SMILES string of the molecule is CCc1ccc2cc(Cn3cc(C(=O)NCc4ncc(N)nc4C)nn3)ccc2n1. The standard InChI is InChI=1S/C21H22N8O/c1-3-16-6-5-15-8-14(4-7-17(15)26-16)11-29-12-19(27-28-29)21(30)24-9-18-13(2)25-20(22)10-23-18/h4-8,10,12H,3,9,11H2,1-2H3,(H2,22,25)(H,24,30). The molecule has 0 bridgehead atoms. The van der Waals surface area contributed by atoms with Gasteiger partial charge in [0, 0.05) is 11.1 Å². The first-order valence-electron chi connectivity index (χ1n) is 9.66. The molecule has 1 aromatic carbocycles. The minimum Gasteiger partial charge on any atom is -0.382 e. The number of nitrogens with one attached hydrogen (secondary N) is 1. The average Bonchev–Trinajstić information content (AvgIpc) is 3.21. The number of amides is 1. The van der Waals surface area contributed by atoms with Crippen molar-refractivity contribution >= 4 is 22.6 Å². The summed E-state index contributed by atoms with van der Waals surface area (Å²) < 4.78 is 1.64. The first-order chi connectivity index (χ1) is 14.5. The number of carbonyl (C=O) groups excluding carboxylic acids is 1. The lowest BCUT2D eigenvalue weighted by Gasteiger charge is -2.06. The molecule has 0 fully saturated rings. The van der Waals surface area contributed by atoms with E-state index in [0.717, 1.165) is 28.6 Å². The van der Waals surface area contributed by atoms with Crippen LogP contribution in [0.25, 0.3) is 10.9 Å². The van der Waals surface area contributed by atoms with E-state index in [-0.39, 0.29) is 18.1 Å². The fourth-order valence-electron chi connectivity index (χ4n) is 3.13. The number of anilines is 1. The predicted molar refractivity (Wildman–Crippen MR) is 113 cm³/mol. The van der Waals surface area contributed by atoms with Crippen molar-refractivity contribution in [3.05, 3.63) is 71.1 Å². The number of rotatable bonds is 6. The van der Waals surface area contributed by atoms with Gasteiger partial charge < -0.3 is 11.1 Å². The van der Waals surface area contributed by atoms with Crippen molar-refractivity contribution < 1.29 is 4.79 Å². The van der Waals surface area contributed by atoms with Crippen molar-refractivity contribution in [1.29, 1.82) is 0 Å². The van der Waals surface area contributed by atoms with E-state index in [1.54, 1.807) is 17.8 Å². The topological polar surface area (TPSA) is 124 Å². The number of aromatic nitrogens is 6. The van der Waals surface area contributed by atoms with Gasteiger partial charge >= 0.3 is 0 Å². The molecule has 0 saturated heterocycles. The monoisotopic (exact) mass is 402 g/mol. The van der Waals surface area contributed by atoms with E-state index in [4.69, 9.17) is 5.73 Å². The number of nitrogens with two attached hydrogens (primary N) is 1. The highest BCUT2D eigenvalue weighted by molar-refractivity contribution is 5.91. The molecule has 152 valence electrons. The molecule has 3 heterocycles. The van der Waals surface area contributed by atoms with Gasteiger partial charge in [0.25, 0.3) is 5.91 Å². The van der Waals surface area contributed by atoms with Gasteiger partial charge in [0.1, 0.15) is 5.82 Å². The average molecular weight is 402 g/mol. The molecule has 0 unspecified atom stereocenters. The van der Waals surface area contributed by atoms with Crippen molar-refractivity contribution in [2.24, 2.45) is 0 Å². The Labute approximate surface area is 173 Å². The molecule has 4 aromatic rings. The van der Waals surface area contributed by atoms with Gasteiger partial charge in [-0.2, -0.15) is 0 Å². The maximum absolute atomic E-state index is 12.4. The normalized spacial score (nSPS) is 11.0. The fraction of sp³-hybridized carbons (Fsp3) is 0.238. The van der Waals surface area contributed by atoms with E-state index in [0.29, 0.717) is 23.8 Å². The molecule has 0 aliphatic rings. The van der Waals surface area contributed by atoms with E-state index in [2.05, 4.69) is 49.6 Å². The quantitative estimate of drug-likeness (QED) is 0.506. The van der Waals surface area contributed by atoms with Crippen molar-refractivity contribution in [3.8, 4) is 0 Å². The number of hydrogen-bond donors (Lipinski definition) is 2. The summed E-state index contributed by atoms with van der Waals surface area (Å²) in [7, 11) is 0. The van der Waals surface area contributed by atoms with E-state index in [1.807, 2.05) is 18.2 Å². The molecular weight excluding hydrogens is 380 g/mol. The molecule has 3 N–H and O–H groups in total. The lowest BCUT2D eigenvalue weighted by molar-refractivity contribution is 0.0945. The van der Waals surface area contributed by atoms with Gasteiger partial charge in [-0.3, -0.25) is 14.8 Å². The molecule has 0 spiro atoms. The molecule has 4 rings (SSSR count). The smallest absolute Gasteiger partial charge is 0.273 e. The van der Waals surface area contributed by atoms with Crippen LogP contribution in [0.1, 0.15) is 40.1 Å². The number of pyridine rings is 1. The number of aryl methyl sites for hydroxylation is 2. The van der Waals surface area contributed by atoms with Crippen LogP contribution < -0.4 is 11.1 Å². The third-order valence-electron chi connectivity index (χ3n) is 4.77. The summed E-state index contributed by atoms with van der Waals surface area (Å²) in [5, 5.41) is 11.9. The fourth-order valence-corrected chi connectivity index (χ4v) is 3.13. The third-order valence-corrected chi connectivity index (χ3v) is 4.77. The van der Waals surface area contributed by atoms with Crippen LogP contribution >= 0.6 is 0 Å². The van der Waals surface area contributed by atoms with Crippen LogP contribution in [0.15, 0.2) is 42.7 Å². The maximum atomic E-state index is 12.4. The number of nitrogen functional groups attached to an aromatic ring is 1. The van der Waals surface area contributed by atoms with Gasteiger partial charge in [-0.15, -0.1) is 5.10 Å². The van der Waals surface area contributed by atoms with Crippen LogP contribution in [0.2, 0.25) is 0 Å². The maximum Gasteiger partial charge on any atom is 0.273 e. The highest BCUT2D eigenvalue weighted by Crippen LogP contribution is 2.16. The second-order valence-electron chi connectivity index (χ2n) is 6.99. The summed E-state index contributed by atoms with van der Waals surface area (Å²) in [4.78, 5) is 25.3. The molecule has 9 nitrogen and oxygen atoms in total. The summed E-state index contributed by atoms with van der Waals surface area (Å²) in [5.41, 5.74) is 10.3. The molecule has 0 aliphatic carbocycles. The van der Waals surface area contributed by atoms with Crippen LogP contribution in [0.3, 0.4) is 0 Å². The number of nitrogens with zero attached hydrogens (tertiary/aromatic N) is 6. The first kappa shape index (κ1) is 19.4. The Kier molecular flexibility index (Phi) is 5.34. The van der Waals surface area contributed by atoms with Crippen LogP contribution in [0, 0.1) is 6.92 Å². The molecule has 0 radical (unpaired) electrons. The van der Waals surface area contributed by atoms with Crippen molar-refractivity contribution in [2.75, 3.05) is 5.73 Å². The van der Waals surface area contributed by atoms with Gasteiger partial charge in [0.15, 0.2) is 5.69 Å². The zero-order valence-electron chi connectivity index (χ0n) is 16.8. The Morgan fingerprint density at radius 2 is 2.07 bits per heavy atom. The van der Waals surface area contributed by atoms with Gasteiger partial charge in [-0.1, -0.05) is 24.3 Å². The molecule has 0 saturated carbocycles. The Hall–Kier alpha value is -3.88. The molecule has 9 heteroatoms. The minimum atomic E-state index is -0.325. The molecule has 3 aromatic heterocycles. The van der Waals surface area contributed by atoms with Gasteiger partial charge in [0.05, 0.1) is 42.4 Å².